The minimum Gasteiger partial charge on any atom is -0.369 e. The lowest BCUT2D eigenvalue weighted by Gasteiger charge is -2.29. The van der Waals surface area contributed by atoms with Crippen molar-refractivity contribution in [3.05, 3.63) is 75.6 Å². The maximum absolute atomic E-state index is 12.6. The molecule has 0 atom stereocenters. The first-order valence-corrected chi connectivity index (χ1v) is 9.18. The molecule has 1 aliphatic rings. The van der Waals surface area contributed by atoms with E-state index in [-0.39, 0.29) is 16.9 Å². The van der Waals surface area contributed by atoms with Gasteiger partial charge in [-0.05, 0) is 30.3 Å². The quantitative estimate of drug-likeness (QED) is 0.451. The molecule has 3 heterocycles. The summed E-state index contributed by atoms with van der Waals surface area (Å²) in [4.78, 5) is 37.9. The standard InChI is InChI=1S/C12H14N4O.C8H5FN2O/c17-12-10-2-1-9(7-11(10)14-8-15-12)16-5-3-13-4-6-16;9-5-1-2-6-7(3-5)10-4-11-8(6)12/h1-2,7-8,13H,3-6H2,(H,14,15,17);1-4H,(H,10,11,12). The van der Waals surface area contributed by atoms with Crippen molar-refractivity contribution in [1.82, 2.24) is 25.3 Å². The van der Waals surface area contributed by atoms with E-state index in [0.717, 1.165) is 37.4 Å². The normalized spacial score (nSPS) is 13.9. The molecule has 3 N–H and O–H groups in total. The second kappa shape index (κ2) is 8.19. The second-order valence-electron chi connectivity index (χ2n) is 6.56. The summed E-state index contributed by atoms with van der Waals surface area (Å²) in [6, 6.07) is 9.69. The summed E-state index contributed by atoms with van der Waals surface area (Å²) < 4.78 is 12.6. The number of anilines is 1. The summed E-state index contributed by atoms with van der Waals surface area (Å²) in [7, 11) is 0. The summed E-state index contributed by atoms with van der Waals surface area (Å²) in [5.41, 5.74) is 1.93. The van der Waals surface area contributed by atoms with Crippen molar-refractivity contribution >= 4 is 27.5 Å². The van der Waals surface area contributed by atoms with Crippen LogP contribution in [0.2, 0.25) is 0 Å². The number of halogens is 1. The van der Waals surface area contributed by atoms with Crippen LogP contribution in [0, 0.1) is 5.82 Å². The van der Waals surface area contributed by atoms with Gasteiger partial charge < -0.3 is 20.2 Å². The largest absolute Gasteiger partial charge is 0.369 e. The Bertz CT molecular complexity index is 1260. The van der Waals surface area contributed by atoms with Crippen LogP contribution in [-0.2, 0) is 0 Å². The Balaban J connectivity index is 0.000000150. The predicted molar refractivity (Wildman–Crippen MR) is 110 cm³/mol. The SMILES string of the molecule is O=c1[nH]cnc2cc(F)ccc12.O=c1[nH]cnc2cc(N3CCNCC3)ccc12. The number of H-pyrrole nitrogens is 2. The van der Waals surface area contributed by atoms with Crippen LogP contribution in [0.15, 0.2) is 58.6 Å². The maximum atomic E-state index is 12.6. The smallest absolute Gasteiger partial charge is 0.258 e. The lowest BCUT2D eigenvalue weighted by Crippen LogP contribution is -2.43. The molecular formula is C20H19FN6O2. The van der Waals surface area contributed by atoms with Gasteiger partial charge in [-0.1, -0.05) is 0 Å². The third-order valence-electron chi connectivity index (χ3n) is 4.71. The zero-order valence-corrected chi connectivity index (χ0v) is 15.5. The second-order valence-corrected chi connectivity index (χ2v) is 6.56. The summed E-state index contributed by atoms with van der Waals surface area (Å²) in [6.07, 6.45) is 2.70. The van der Waals surface area contributed by atoms with E-state index >= 15 is 0 Å². The molecule has 5 rings (SSSR count). The van der Waals surface area contributed by atoms with Gasteiger partial charge in [-0.15, -0.1) is 0 Å². The summed E-state index contributed by atoms with van der Waals surface area (Å²) >= 11 is 0. The third kappa shape index (κ3) is 4.14. The average molecular weight is 394 g/mol. The van der Waals surface area contributed by atoms with Crippen LogP contribution >= 0.6 is 0 Å². The first-order valence-electron chi connectivity index (χ1n) is 9.18. The van der Waals surface area contributed by atoms with Crippen molar-refractivity contribution in [2.24, 2.45) is 0 Å². The van der Waals surface area contributed by atoms with Gasteiger partial charge >= 0.3 is 0 Å². The molecule has 0 amide bonds. The number of nitrogens with zero attached hydrogens (tertiary/aromatic N) is 3. The molecule has 0 aliphatic carbocycles. The van der Waals surface area contributed by atoms with E-state index in [9.17, 15) is 14.0 Å². The Labute approximate surface area is 164 Å². The zero-order chi connectivity index (χ0) is 20.2. The highest BCUT2D eigenvalue weighted by atomic mass is 19.1. The molecule has 29 heavy (non-hydrogen) atoms. The number of piperazine rings is 1. The van der Waals surface area contributed by atoms with E-state index in [4.69, 9.17) is 0 Å². The molecule has 148 valence electrons. The fourth-order valence-corrected chi connectivity index (χ4v) is 3.22. The number of hydrogen-bond acceptors (Lipinski definition) is 6. The van der Waals surface area contributed by atoms with Crippen molar-refractivity contribution in [3.63, 3.8) is 0 Å². The molecule has 8 nitrogen and oxygen atoms in total. The molecule has 1 saturated heterocycles. The van der Waals surface area contributed by atoms with Crippen LogP contribution in [-0.4, -0.2) is 46.1 Å². The Morgan fingerprint density at radius 1 is 0.828 bits per heavy atom. The van der Waals surface area contributed by atoms with Gasteiger partial charge in [0.2, 0.25) is 0 Å². The lowest BCUT2D eigenvalue weighted by molar-refractivity contribution is 0.589. The molecule has 2 aromatic heterocycles. The van der Waals surface area contributed by atoms with Crippen LogP contribution in [0.5, 0.6) is 0 Å². The van der Waals surface area contributed by atoms with Gasteiger partial charge in [-0.3, -0.25) is 9.59 Å². The number of benzene rings is 2. The molecule has 2 aromatic carbocycles. The molecule has 1 fully saturated rings. The lowest BCUT2D eigenvalue weighted by atomic mass is 10.2. The van der Waals surface area contributed by atoms with E-state index in [2.05, 4.69) is 30.2 Å². The summed E-state index contributed by atoms with van der Waals surface area (Å²) in [5, 5.41) is 4.37. The monoisotopic (exact) mass is 394 g/mol. The van der Waals surface area contributed by atoms with Crippen LogP contribution in [0.3, 0.4) is 0 Å². The van der Waals surface area contributed by atoms with Gasteiger partial charge in [0.15, 0.2) is 0 Å². The van der Waals surface area contributed by atoms with Crippen molar-refractivity contribution < 1.29 is 4.39 Å². The Hall–Kier alpha value is -3.59. The molecule has 0 bridgehead atoms. The maximum Gasteiger partial charge on any atom is 0.258 e. The Morgan fingerprint density at radius 2 is 1.41 bits per heavy atom. The summed E-state index contributed by atoms with van der Waals surface area (Å²) in [6.45, 7) is 3.99. The molecule has 0 saturated carbocycles. The zero-order valence-electron chi connectivity index (χ0n) is 15.5. The fourth-order valence-electron chi connectivity index (χ4n) is 3.22. The van der Waals surface area contributed by atoms with Crippen LogP contribution in [0.25, 0.3) is 21.8 Å². The van der Waals surface area contributed by atoms with Gasteiger partial charge in [0.1, 0.15) is 5.82 Å². The average Bonchev–Trinajstić information content (AvgIpc) is 2.75. The van der Waals surface area contributed by atoms with E-state index in [1.165, 1.54) is 30.9 Å². The minimum atomic E-state index is -0.388. The van der Waals surface area contributed by atoms with Gasteiger partial charge in [-0.2, -0.15) is 0 Å². The van der Waals surface area contributed by atoms with Crippen LogP contribution in [0.1, 0.15) is 0 Å². The molecule has 4 aromatic rings. The van der Waals surface area contributed by atoms with Crippen molar-refractivity contribution in [1.29, 1.82) is 0 Å². The minimum absolute atomic E-state index is 0.0816. The molecule has 9 heteroatoms. The van der Waals surface area contributed by atoms with E-state index in [1.54, 1.807) is 0 Å². The van der Waals surface area contributed by atoms with Gasteiger partial charge in [0.25, 0.3) is 11.1 Å². The highest BCUT2D eigenvalue weighted by Gasteiger charge is 2.11. The van der Waals surface area contributed by atoms with Crippen LogP contribution in [0.4, 0.5) is 10.1 Å². The number of rotatable bonds is 1. The van der Waals surface area contributed by atoms with Crippen molar-refractivity contribution in [2.75, 3.05) is 31.1 Å². The molecule has 0 spiro atoms. The van der Waals surface area contributed by atoms with E-state index in [1.807, 2.05) is 18.2 Å². The number of aromatic nitrogens is 4. The predicted octanol–water partition coefficient (Wildman–Crippen LogP) is 1.39. The third-order valence-corrected chi connectivity index (χ3v) is 4.71. The Morgan fingerprint density at radius 3 is 2.07 bits per heavy atom. The van der Waals surface area contributed by atoms with Crippen molar-refractivity contribution in [2.45, 2.75) is 0 Å². The molecular weight excluding hydrogens is 375 g/mol. The fraction of sp³-hybridized carbons (Fsp3) is 0.200. The van der Waals surface area contributed by atoms with Gasteiger partial charge in [0.05, 0.1) is 34.5 Å². The molecule has 1 aliphatic heterocycles. The van der Waals surface area contributed by atoms with Gasteiger partial charge in [-0.25, -0.2) is 14.4 Å². The van der Waals surface area contributed by atoms with Crippen molar-refractivity contribution in [3.8, 4) is 0 Å². The first kappa shape index (κ1) is 18.8. The van der Waals surface area contributed by atoms with E-state index in [0.29, 0.717) is 16.3 Å². The highest BCUT2D eigenvalue weighted by Crippen LogP contribution is 2.18. The Kier molecular flexibility index (Phi) is 5.30. The van der Waals surface area contributed by atoms with Crippen LogP contribution < -0.4 is 21.3 Å². The van der Waals surface area contributed by atoms with Gasteiger partial charge in [0, 0.05) is 37.9 Å². The highest BCUT2D eigenvalue weighted by molar-refractivity contribution is 5.81. The molecule has 0 unspecified atom stereocenters. The number of nitrogens with one attached hydrogen (secondary N) is 3. The molecule has 0 radical (unpaired) electrons. The number of aromatic amines is 2. The summed E-state index contributed by atoms with van der Waals surface area (Å²) in [5.74, 6) is -0.388. The number of fused-ring (bicyclic) bond motifs is 2. The van der Waals surface area contributed by atoms with E-state index < -0.39 is 0 Å². The first-order chi connectivity index (χ1) is 14.1. The number of hydrogen-bond donors (Lipinski definition) is 3. The topological polar surface area (TPSA) is 107 Å².